The zero-order valence-corrected chi connectivity index (χ0v) is 13.7. The van der Waals surface area contributed by atoms with Crippen LogP contribution in [0.2, 0.25) is 0 Å². The topological polar surface area (TPSA) is 64.0 Å². The number of thiophene rings is 1. The molecule has 0 saturated heterocycles. The van der Waals surface area contributed by atoms with Crippen molar-refractivity contribution >= 4 is 27.5 Å². The third-order valence-electron chi connectivity index (χ3n) is 3.70. The highest BCUT2D eigenvalue weighted by Crippen LogP contribution is 2.13. The van der Waals surface area contributed by atoms with Gasteiger partial charge < -0.3 is 5.32 Å². The molecule has 0 aliphatic carbocycles. The van der Waals surface area contributed by atoms with Crippen molar-refractivity contribution in [3.05, 3.63) is 63.8 Å². The van der Waals surface area contributed by atoms with E-state index < -0.39 is 0 Å². The maximum absolute atomic E-state index is 13.5. The molecule has 3 aromatic rings. The number of carbonyl (C=O) groups excluding carboxylic acids is 1. The number of fused-ring (bicyclic) bond motifs is 1. The summed E-state index contributed by atoms with van der Waals surface area (Å²) in [7, 11) is 0. The summed E-state index contributed by atoms with van der Waals surface area (Å²) in [6.45, 7) is 0.625. The van der Waals surface area contributed by atoms with Crippen LogP contribution in [-0.2, 0) is 17.8 Å². The average molecular weight is 345 g/mol. The number of benzene rings is 1. The standard InChI is InChI=1S/C17H16FN3O2S/c18-14-4-2-1-3-12(14)5-8-19-15(22)6-9-21-11-20-16-13(17(21)23)7-10-24-16/h1-4,7,10-11H,5-6,8-9H2,(H,19,22). The van der Waals surface area contributed by atoms with E-state index in [1.54, 1.807) is 24.3 Å². The molecule has 0 atom stereocenters. The Bertz CT molecular complexity index is 919. The first kappa shape index (κ1) is 16.3. The van der Waals surface area contributed by atoms with Gasteiger partial charge >= 0.3 is 0 Å². The summed E-state index contributed by atoms with van der Waals surface area (Å²) in [4.78, 5) is 29.0. The minimum atomic E-state index is -0.270. The van der Waals surface area contributed by atoms with Crippen molar-refractivity contribution in [3.8, 4) is 0 Å². The van der Waals surface area contributed by atoms with Gasteiger partial charge in [0, 0.05) is 19.5 Å². The summed E-state index contributed by atoms with van der Waals surface area (Å²) < 4.78 is 14.9. The van der Waals surface area contributed by atoms with Gasteiger partial charge in [-0.1, -0.05) is 18.2 Å². The summed E-state index contributed by atoms with van der Waals surface area (Å²) in [5, 5.41) is 5.13. The fraction of sp³-hybridized carbons (Fsp3) is 0.235. The number of rotatable bonds is 6. The highest BCUT2D eigenvalue weighted by molar-refractivity contribution is 7.16. The lowest BCUT2D eigenvalue weighted by Crippen LogP contribution is -2.29. The van der Waals surface area contributed by atoms with Gasteiger partial charge in [0.2, 0.25) is 5.91 Å². The number of aromatic nitrogens is 2. The molecule has 3 rings (SSSR count). The maximum Gasteiger partial charge on any atom is 0.262 e. The highest BCUT2D eigenvalue weighted by atomic mass is 32.1. The number of aryl methyl sites for hydroxylation is 1. The smallest absolute Gasteiger partial charge is 0.262 e. The van der Waals surface area contributed by atoms with Crippen LogP contribution < -0.4 is 10.9 Å². The van der Waals surface area contributed by atoms with Crippen LogP contribution in [-0.4, -0.2) is 22.0 Å². The van der Waals surface area contributed by atoms with Gasteiger partial charge in [-0.15, -0.1) is 11.3 Å². The van der Waals surface area contributed by atoms with E-state index in [1.165, 1.54) is 28.3 Å². The number of nitrogens with one attached hydrogen (secondary N) is 1. The first-order valence-electron chi connectivity index (χ1n) is 7.58. The Morgan fingerprint density at radius 2 is 2.12 bits per heavy atom. The monoisotopic (exact) mass is 345 g/mol. The van der Waals surface area contributed by atoms with Gasteiger partial charge in [0.25, 0.3) is 5.56 Å². The van der Waals surface area contributed by atoms with E-state index in [-0.39, 0.29) is 30.2 Å². The SMILES string of the molecule is O=C(CCn1cnc2sccc2c1=O)NCCc1ccccc1F. The molecule has 0 aliphatic rings. The first-order chi connectivity index (χ1) is 11.6. The quantitative estimate of drug-likeness (QED) is 0.746. The second-order valence-electron chi connectivity index (χ2n) is 5.32. The van der Waals surface area contributed by atoms with E-state index in [2.05, 4.69) is 10.3 Å². The lowest BCUT2D eigenvalue weighted by atomic mass is 10.1. The predicted octanol–water partition coefficient (Wildman–Crippen LogP) is 2.35. The zero-order chi connectivity index (χ0) is 16.9. The van der Waals surface area contributed by atoms with Crippen molar-refractivity contribution in [1.82, 2.24) is 14.9 Å². The molecule has 0 unspecified atom stereocenters. The highest BCUT2D eigenvalue weighted by Gasteiger charge is 2.07. The number of halogens is 1. The molecule has 1 amide bonds. The molecule has 1 N–H and O–H groups in total. The largest absolute Gasteiger partial charge is 0.356 e. The van der Waals surface area contributed by atoms with Crippen molar-refractivity contribution in [2.45, 2.75) is 19.4 Å². The van der Waals surface area contributed by atoms with Crippen LogP contribution in [0.5, 0.6) is 0 Å². The van der Waals surface area contributed by atoms with Crippen molar-refractivity contribution < 1.29 is 9.18 Å². The molecule has 2 heterocycles. The van der Waals surface area contributed by atoms with E-state index >= 15 is 0 Å². The molecule has 0 spiro atoms. The minimum absolute atomic E-state index is 0.139. The Hall–Kier alpha value is -2.54. The molecular formula is C17H16FN3O2S. The van der Waals surface area contributed by atoms with Crippen LogP contribution in [0.25, 0.3) is 10.2 Å². The first-order valence-corrected chi connectivity index (χ1v) is 8.46. The molecule has 2 aromatic heterocycles. The lowest BCUT2D eigenvalue weighted by molar-refractivity contribution is -0.121. The molecule has 0 aliphatic heterocycles. The Morgan fingerprint density at radius 1 is 1.29 bits per heavy atom. The number of hydrogen-bond acceptors (Lipinski definition) is 4. The molecule has 0 saturated carbocycles. The van der Waals surface area contributed by atoms with E-state index in [1.807, 2.05) is 5.38 Å². The third-order valence-corrected chi connectivity index (χ3v) is 4.53. The second kappa shape index (κ2) is 7.35. The fourth-order valence-corrected chi connectivity index (χ4v) is 3.12. The Balaban J connectivity index is 1.51. The summed E-state index contributed by atoms with van der Waals surface area (Å²) in [6, 6.07) is 8.23. The Kier molecular flexibility index (Phi) is 5.00. The van der Waals surface area contributed by atoms with Gasteiger partial charge in [0.15, 0.2) is 0 Å². The Labute approximate surface area is 141 Å². The van der Waals surface area contributed by atoms with Crippen molar-refractivity contribution in [2.24, 2.45) is 0 Å². The van der Waals surface area contributed by atoms with Gasteiger partial charge in [-0.05, 0) is 29.5 Å². The van der Waals surface area contributed by atoms with Gasteiger partial charge in [-0.25, -0.2) is 9.37 Å². The predicted molar refractivity (Wildman–Crippen MR) is 91.6 cm³/mol. The second-order valence-corrected chi connectivity index (χ2v) is 6.22. The summed E-state index contributed by atoms with van der Waals surface area (Å²) in [5.41, 5.74) is 0.432. The molecular weight excluding hydrogens is 329 g/mol. The number of hydrogen-bond donors (Lipinski definition) is 1. The van der Waals surface area contributed by atoms with Crippen LogP contribution in [0.15, 0.2) is 46.8 Å². The van der Waals surface area contributed by atoms with E-state index in [4.69, 9.17) is 0 Å². The zero-order valence-electron chi connectivity index (χ0n) is 12.9. The van der Waals surface area contributed by atoms with Gasteiger partial charge in [-0.2, -0.15) is 0 Å². The number of amides is 1. The van der Waals surface area contributed by atoms with Crippen LogP contribution in [0.1, 0.15) is 12.0 Å². The van der Waals surface area contributed by atoms with Crippen molar-refractivity contribution in [1.29, 1.82) is 0 Å². The fourth-order valence-electron chi connectivity index (χ4n) is 2.40. The van der Waals surface area contributed by atoms with E-state index in [0.29, 0.717) is 28.7 Å². The minimum Gasteiger partial charge on any atom is -0.356 e. The number of nitrogens with zero attached hydrogens (tertiary/aromatic N) is 2. The van der Waals surface area contributed by atoms with Crippen molar-refractivity contribution in [3.63, 3.8) is 0 Å². The van der Waals surface area contributed by atoms with Gasteiger partial charge in [0.1, 0.15) is 10.6 Å². The van der Waals surface area contributed by atoms with Gasteiger partial charge in [-0.3, -0.25) is 14.2 Å². The van der Waals surface area contributed by atoms with Crippen LogP contribution >= 0.6 is 11.3 Å². The number of carbonyl (C=O) groups is 1. The molecule has 124 valence electrons. The third kappa shape index (κ3) is 3.68. The molecule has 0 fully saturated rings. The van der Waals surface area contributed by atoms with Crippen LogP contribution in [0.4, 0.5) is 4.39 Å². The van der Waals surface area contributed by atoms with Crippen LogP contribution in [0.3, 0.4) is 0 Å². The lowest BCUT2D eigenvalue weighted by Gasteiger charge is -2.07. The normalized spacial score (nSPS) is 10.9. The van der Waals surface area contributed by atoms with E-state index in [9.17, 15) is 14.0 Å². The van der Waals surface area contributed by atoms with Crippen LogP contribution in [0, 0.1) is 5.82 Å². The maximum atomic E-state index is 13.5. The summed E-state index contributed by atoms with van der Waals surface area (Å²) >= 11 is 1.41. The van der Waals surface area contributed by atoms with Crippen molar-refractivity contribution in [2.75, 3.05) is 6.54 Å². The van der Waals surface area contributed by atoms with E-state index in [0.717, 1.165) is 0 Å². The summed E-state index contributed by atoms with van der Waals surface area (Å²) in [5.74, 6) is -0.447. The molecule has 0 bridgehead atoms. The summed E-state index contributed by atoms with van der Waals surface area (Å²) in [6.07, 6.45) is 2.07. The molecule has 24 heavy (non-hydrogen) atoms. The molecule has 1 aromatic carbocycles. The average Bonchev–Trinajstić information content (AvgIpc) is 3.05. The molecule has 7 heteroatoms. The molecule has 0 radical (unpaired) electrons. The Morgan fingerprint density at radius 3 is 2.96 bits per heavy atom. The molecule has 5 nitrogen and oxygen atoms in total. The van der Waals surface area contributed by atoms with Gasteiger partial charge in [0.05, 0.1) is 11.7 Å².